The van der Waals surface area contributed by atoms with Crippen molar-refractivity contribution >= 4 is 51.6 Å². The average molecular weight is 507 g/mol. The highest BCUT2D eigenvalue weighted by Gasteiger charge is 2.32. The number of carbonyl (C=O) groups is 3. The summed E-state index contributed by atoms with van der Waals surface area (Å²) in [5.74, 6) is -0.439. The van der Waals surface area contributed by atoms with Gasteiger partial charge in [0.25, 0.3) is 5.91 Å². The number of hydrogen-bond acceptors (Lipinski definition) is 3. The van der Waals surface area contributed by atoms with E-state index in [2.05, 4.69) is 15.6 Å². The fraction of sp³-hybridized carbons (Fsp3) is 0.393. The molecule has 8 heteroatoms. The first-order valence-electron chi connectivity index (χ1n) is 12.8. The first kappa shape index (κ1) is 24.4. The van der Waals surface area contributed by atoms with E-state index in [0.717, 1.165) is 68.1 Å². The molecule has 3 N–H and O–H groups in total. The number of aromatic nitrogens is 1. The third-order valence-electron chi connectivity index (χ3n) is 7.33. The number of anilines is 2. The fourth-order valence-electron chi connectivity index (χ4n) is 5.32. The monoisotopic (exact) mass is 506 g/mol. The van der Waals surface area contributed by atoms with Crippen LogP contribution in [0.5, 0.6) is 0 Å². The Balaban J connectivity index is 1.24. The maximum atomic E-state index is 13.2. The molecule has 0 spiro atoms. The summed E-state index contributed by atoms with van der Waals surface area (Å²) in [7, 11) is 0. The number of rotatable bonds is 5. The van der Waals surface area contributed by atoms with Crippen LogP contribution in [-0.2, 0) is 9.59 Å². The summed E-state index contributed by atoms with van der Waals surface area (Å²) in [6.07, 6.45) is 8.71. The van der Waals surface area contributed by atoms with E-state index in [0.29, 0.717) is 22.7 Å². The number of carbonyl (C=O) groups excluding carboxylic acids is 3. The molecule has 0 bridgehead atoms. The number of nitrogens with one attached hydrogen (secondary N) is 3. The number of halogens is 1. The van der Waals surface area contributed by atoms with Gasteiger partial charge in [0, 0.05) is 53.0 Å². The Morgan fingerprint density at radius 2 is 1.78 bits per heavy atom. The molecule has 2 aromatic carbocycles. The number of amides is 3. The van der Waals surface area contributed by atoms with Crippen LogP contribution < -0.4 is 15.5 Å². The quantitative estimate of drug-likeness (QED) is 0.417. The van der Waals surface area contributed by atoms with E-state index in [1.165, 1.54) is 0 Å². The smallest absolute Gasteiger partial charge is 0.251 e. The molecule has 0 radical (unpaired) electrons. The van der Waals surface area contributed by atoms with E-state index in [1.54, 1.807) is 18.3 Å². The molecule has 2 aliphatic rings. The summed E-state index contributed by atoms with van der Waals surface area (Å²) < 4.78 is 0. The van der Waals surface area contributed by atoms with Crippen LogP contribution in [0.15, 0.2) is 48.7 Å². The van der Waals surface area contributed by atoms with E-state index in [-0.39, 0.29) is 29.7 Å². The van der Waals surface area contributed by atoms with Crippen molar-refractivity contribution in [3.8, 4) is 0 Å². The Morgan fingerprint density at radius 3 is 2.61 bits per heavy atom. The van der Waals surface area contributed by atoms with E-state index in [9.17, 15) is 14.4 Å². The van der Waals surface area contributed by atoms with Gasteiger partial charge in [-0.1, -0.05) is 36.9 Å². The van der Waals surface area contributed by atoms with Gasteiger partial charge in [-0.15, -0.1) is 0 Å². The normalized spacial score (nSPS) is 20.7. The lowest BCUT2D eigenvalue weighted by atomic mass is 9.83. The molecule has 1 aromatic heterocycles. The molecule has 1 saturated carbocycles. The molecule has 2 atom stereocenters. The average Bonchev–Trinajstić information content (AvgIpc) is 3.12. The fourth-order valence-corrected chi connectivity index (χ4v) is 5.54. The molecule has 188 valence electrons. The van der Waals surface area contributed by atoms with E-state index < -0.39 is 0 Å². The Labute approximate surface area is 215 Å². The minimum Gasteiger partial charge on any atom is -0.360 e. The summed E-state index contributed by atoms with van der Waals surface area (Å²) in [6, 6.07) is 12.6. The third-order valence-corrected chi connectivity index (χ3v) is 7.65. The minimum atomic E-state index is -0.307. The molecule has 1 aliphatic heterocycles. The molecule has 3 amide bonds. The lowest BCUT2D eigenvalue weighted by Gasteiger charge is -2.31. The van der Waals surface area contributed by atoms with Gasteiger partial charge in [0.05, 0.1) is 10.9 Å². The first-order valence-corrected chi connectivity index (χ1v) is 13.2. The van der Waals surface area contributed by atoms with Crippen LogP contribution in [0.4, 0.5) is 11.4 Å². The molecule has 1 aliphatic carbocycles. The summed E-state index contributed by atoms with van der Waals surface area (Å²) in [6.45, 7) is 0.734. The highest BCUT2D eigenvalue weighted by atomic mass is 35.5. The molecule has 0 unspecified atom stereocenters. The van der Waals surface area contributed by atoms with Gasteiger partial charge in [0.2, 0.25) is 11.8 Å². The van der Waals surface area contributed by atoms with Crippen molar-refractivity contribution in [2.45, 2.75) is 57.4 Å². The Bertz CT molecular complexity index is 1270. The van der Waals surface area contributed by atoms with Gasteiger partial charge in [-0.2, -0.15) is 0 Å². The van der Waals surface area contributed by atoms with E-state index >= 15 is 0 Å². The van der Waals surface area contributed by atoms with Crippen LogP contribution in [-0.4, -0.2) is 35.3 Å². The number of H-pyrrole nitrogens is 1. The van der Waals surface area contributed by atoms with Crippen molar-refractivity contribution in [1.29, 1.82) is 0 Å². The van der Waals surface area contributed by atoms with Crippen LogP contribution in [0.25, 0.3) is 10.9 Å². The maximum absolute atomic E-state index is 13.2. The topological polar surface area (TPSA) is 94.3 Å². The SMILES string of the molecule is O=C(N[C@@H]1CCCC[C@@H]1C(=O)Nc1ccc(N2CCCCCC2=O)cc1)c1ccc2c(Cl)c[nH]c2c1. The minimum absolute atomic E-state index is 0.0924. The number of benzene rings is 2. The molecular weight excluding hydrogens is 476 g/mol. The van der Waals surface area contributed by atoms with Crippen molar-refractivity contribution in [2.24, 2.45) is 5.92 Å². The molecule has 2 heterocycles. The molecule has 36 heavy (non-hydrogen) atoms. The molecule has 7 nitrogen and oxygen atoms in total. The number of aromatic amines is 1. The second-order valence-corrected chi connectivity index (χ2v) is 10.2. The zero-order valence-corrected chi connectivity index (χ0v) is 20.9. The van der Waals surface area contributed by atoms with Gasteiger partial charge in [-0.05, 0) is 62.1 Å². The van der Waals surface area contributed by atoms with Gasteiger partial charge in [-0.3, -0.25) is 14.4 Å². The molecule has 1 saturated heterocycles. The van der Waals surface area contributed by atoms with Crippen LogP contribution in [0.1, 0.15) is 61.7 Å². The van der Waals surface area contributed by atoms with Gasteiger partial charge in [0.1, 0.15) is 0 Å². The number of nitrogens with zero attached hydrogens (tertiary/aromatic N) is 1. The van der Waals surface area contributed by atoms with Gasteiger partial charge >= 0.3 is 0 Å². The molecule has 5 rings (SSSR count). The van der Waals surface area contributed by atoms with Crippen molar-refractivity contribution in [1.82, 2.24) is 10.3 Å². The summed E-state index contributed by atoms with van der Waals surface area (Å²) in [4.78, 5) is 43.5. The van der Waals surface area contributed by atoms with Crippen molar-refractivity contribution < 1.29 is 14.4 Å². The Morgan fingerprint density at radius 1 is 0.972 bits per heavy atom. The second kappa shape index (κ2) is 10.7. The lowest BCUT2D eigenvalue weighted by Crippen LogP contribution is -2.46. The number of hydrogen-bond donors (Lipinski definition) is 3. The summed E-state index contributed by atoms with van der Waals surface area (Å²) in [5, 5.41) is 7.60. The van der Waals surface area contributed by atoms with Crippen LogP contribution in [0.3, 0.4) is 0 Å². The second-order valence-electron chi connectivity index (χ2n) is 9.76. The lowest BCUT2D eigenvalue weighted by molar-refractivity contribution is -0.121. The first-order chi connectivity index (χ1) is 17.5. The standard InChI is InChI=1S/C28H31ClN4O3/c29-23-17-30-25-16-18(9-14-21(23)25)27(35)32-24-7-4-3-6-22(24)28(36)31-19-10-12-20(13-11-19)33-15-5-1-2-8-26(33)34/h9-14,16-17,22,24,30H,1-8,15H2,(H,31,36)(H,32,35)/t22-,24+/m0/s1. The maximum Gasteiger partial charge on any atom is 0.251 e. The van der Waals surface area contributed by atoms with Crippen LogP contribution >= 0.6 is 11.6 Å². The molecule has 3 aromatic rings. The summed E-state index contributed by atoms with van der Waals surface area (Å²) in [5.41, 5.74) is 2.89. The predicted molar refractivity (Wildman–Crippen MR) is 142 cm³/mol. The Hall–Kier alpha value is -3.32. The molecule has 2 fully saturated rings. The largest absolute Gasteiger partial charge is 0.360 e. The summed E-state index contributed by atoms with van der Waals surface area (Å²) >= 11 is 6.15. The number of fused-ring (bicyclic) bond motifs is 1. The van der Waals surface area contributed by atoms with Crippen LogP contribution in [0, 0.1) is 5.92 Å². The van der Waals surface area contributed by atoms with Gasteiger partial charge < -0.3 is 20.5 Å². The van der Waals surface area contributed by atoms with E-state index in [1.807, 2.05) is 35.2 Å². The Kier molecular flexibility index (Phi) is 7.28. The van der Waals surface area contributed by atoms with Crippen molar-refractivity contribution in [3.05, 3.63) is 59.2 Å². The van der Waals surface area contributed by atoms with Crippen molar-refractivity contribution in [2.75, 3.05) is 16.8 Å². The molecular formula is C28H31ClN4O3. The van der Waals surface area contributed by atoms with Gasteiger partial charge in [0.15, 0.2) is 0 Å². The predicted octanol–water partition coefficient (Wildman–Crippen LogP) is 5.66. The zero-order valence-electron chi connectivity index (χ0n) is 20.2. The third kappa shape index (κ3) is 5.26. The highest BCUT2D eigenvalue weighted by molar-refractivity contribution is 6.35. The van der Waals surface area contributed by atoms with Gasteiger partial charge in [-0.25, -0.2) is 0 Å². The van der Waals surface area contributed by atoms with Crippen molar-refractivity contribution in [3.63, 3.8) is 0 Å². The zero-order chi connectivity index (χ0) is 25.1. The van der Waals surface area contributed by atoms with E-state index in [4.69, 9.17) is 11.6 Å². The highest BCUT2D eigenvalue weighted by Crippen LogP contribution is 2.28. The van der Waals surface area contributed by atoms with Crippen LogP contribution in [0.2, 0.25) is 5.02 Å².